The molecule has 0 radical (unpaired) electrons. The van der Waals surface area contributed by atoms with E-state index in [-0.39, 0.29) is 0 Å². The van der Waals surface area contributed by atoms with E-state index in [1.807, 2.05) is 0 Å². The minimum atomic E-state index is 0.781. The summed E-state index contributed by atoms with van der Waals surface area (Å²) in [5, 5.41) is 0. The zero-order valence-electron chi connectivity index (χ0n) is 8.46. The van der Waals surface area contributed by atoms with Gasteiger partial charge in [-0.05, 0) is 31.6 Å². The van der Waals surface area contributed by atoms with Crippen LogP contribution in [0.5, 0.6) is 0 Å². The van der Waals surface area contributed by atoms with Crippen molar-refractivity contribution < 1.29 is 0 Å². The van der Waals surface area contributed by atoms with Crippen molar-refractivity contribution >= 4 is 17.2 Å². The van der Waals surface area contributed by atoms with Crippen molar-refractivity contribution in [1.29, 1.82) is 0 Å². The quantitative estimate of drug-likeness (QED) is 0.549. The van der Waals surface area contributed by atoms with Crippen LogP contribution in [0.2, 0.25) is 0 Å². The fourth-order valence-corrected chi connectivity index (χ4v) is 3.13. The molecule has 2 atom stereocenters. The van der Waals surface area contributed by atoms with Gasteiger partial charge in [0.05, 0.1) is 4.99 Å². The van der Waals surface area contributed by atoms with Gasteiger partial charge in [0, 0.05) is 13.1 Å². The number of hydrogen-bond donors (Lipinski definition) is 0. The van der Waals surface area contributed by atoms with Crippen LogP contribution in [0.1, 0.15) is 44.9 Å². The molecule has 1 aliphatic heterocycles. The molecule has 13 heavy (non-hydrogen) atoms. The van der Waals surface area contributed by atoms with Crippen LogP contribution in [0, 0.1) is 5.92 Å². The summed E-state index contributed by atoms with van der Waals surface area (Å²) in [6.45, 7) is 0. The Labute approximate surface area is 86.5 Å². The van der Waals surface area contributed by atoms with E-state index in [1.165, 1.54) is 43.5 Å². The Morgan fingerprint density at radius 3 is 2.77 bits per heavy atom. The smallest absolute Gasteiger partial charge is 0.0779 e. The van der Waals surface area contributed by atoms with Crippen LogP contribution in [0.4, 0.5) is 0 Å². The summed E-state index contributed by atoms with van der Waals surface area (Å²) in [6, 6.07) is 0.781. The Morgan fingerprint density at radius 2 is 1.92 bits per heavy atom. The van der Waals surface area contributed by atoms with Crippen LogP contribution in [0.3, 0.4) is 0 Å². The molecule has 2 rings (SSSR count). The number of piperidine rings is 1. The number of thiocarbonyl (C=S) groups is 1. The van der Waals surface area contributed by atoms with E-state index < -0.39 is 0 Å². The van der Waals surface area contributed by atoms with Crippen molar-refractivity contribution in [3.8, 4) is 0 Å². The molecule has 0 N–H and O–H groups in total. The molecule has 0 amide bonds. The Morgan fingerprint density at radius 1 is 1.15 bits per heavy atom. The average molecular weight is 197 g/mol. The lowest BCUT2D eigenvalue weighted by Crippen LogP contribution is -2.44. The lowest BCUT2D eigenvalue weighted by molar-refractivity contribution is 0.209. The van der Waals surface area contributed by atoms with Crippen LogP contribution in [-0.2, 0) is 0 Å². The third-order valence-electron chi connectivity index (χ3n) is 3.74. The van der Waals surface area contributed by atoms with Crippen LogP contribution in [0.25, 0.3) is 0 Å². The van der Waals surface area contributed by atoms with E-state index >= 15 is 0 Å². The molecule has 1 nitrogen and oxygen atoms in total. The van der Waals surface area contributed by atoms with Gasteiger partial charge in [-0.1, -0.05) is 31.5 Å². The standard InChI is InChI=1S/C11H19NS/c1-12-10-6-4-2-3-5-9(10)7-8-11(12)13/h9-10H,2-8H2,1H3. The second-order valence-corrected chi connectivity index (χ2v) is 4.98. The Hall–Kier alpha value is -0.110. The van der Waals surface area contributed by atoms with Gasteiger partial charge >= 0.3 is 0 Å². The molecule has 1 saturated carbocycles. The topological polar surface area (TPSA) is 3.24 Å². The first-order valence-corrected chi connectivity index (χ1v) is 5.95. The molecule has 2 unspecified atom stereocenters. The lowest BCUT2D eigenvalue weighted by Gasteiger charge is -2.40. The van der Waals surface area contributed by atoms with Crippen molar-refractivity contribution in [2.45, 2.75) is 51.0 Å². The highest BCUT2D eigenvalue weighted by Gasteiger charge is 2.31. The summed E-state index contributed by atoms with van der Waals surface area (Å²) in [5.41, 5.74) is 0. The molecule has 2 aliphatic rings. The molecule has 2 heteroatoms. The van der Waals surface area contributed by atoms with Gasteiger partial charge in [-0.2, -0.15) is 0 Å². The zero-order valence-corrected chi connectivity index (χ0v) is 9.28. The minimum Gasteiger partial charge on any atom is -0.366 e. The zero-order chi connectivity index (χ0) is 9.26. The second-order valence-electron chi connectivity index (χ2n) is 4.51. The Bertz CT molecular complexity index is 202. The second kappa shape index (κ2) is 3.95. The van der Waals surface area contributed by atoms with Crippen LogP contribution in [-0.4, -0.2) is 23.0 Å². The molecule has 1 aliphatic carbocycles. The van der Waals surface area contributed by atoms with E-state index in [0.717, 1.165) is 18.4 Å². The van der Waals surface area contributed by atoms with Gasteiger partial charge in [-0.15, -0.1) is 0 Å². The average Bonchev–Trinajstić information content (AvgIpc) is 2.36. The van der Waals surface area contributed by atoms with Gasteiger partial charge in [-0.25, -0.2) is 0 Å². The highest BCUT2D eigenvalue weighted by atomic mass is 32.1. The fourth-order valence-electron chi connectivity index (χ4n) is 2.88. The summed E-state index contributed by atoms with van der Waals surface area (Å²) >= 11 is 5.37. The maximum absolute atomic E-state index is 5.37. The molecule has 2 fully saturated rings. The number of rotatable bonds is 0. The van der Waals surface area contributed by atoms with Crippen molar-refractivity contribution in [3.63, 3.8) is 0 Å². The van der Waals surface area contributed by atoms with Crippen molar-refractivity contribution in [2.24, 2.45) is 5.92 Å². The largest absolute Gasteiger partial charge is 0.366 e. The summed E-state index contributed by atoms with van der Waals surface area (Å²) in [7, 11) is 2.20. The van der Waals surface area contributed by atoms with Crippen LogP contribution in [0.15, 0.2) is 0 Å². The molecular formula is C11H19NS. The molecule has 0 aromatic heterocycles. The SMILES string of the molecule is CN1C(=S)CCC2CCCCCC21. The molecule has 1 saturated heterocycles. The number of hydrogen-bond acceptors (Lipinski definition) is 1. The van der Waals surface area contributed by atoms with Crippen molar-refractivity contribution in [2.75, 3.05) is 7.05 Å². The summed E-state index contributed by atoms with van der Waals surface area (Å²) in [4.78, 5) is 3.58. The predicted molar refractivity (Wildman–Crippen MR) is 60.0 cm³/mol. The molecule has 0 bridgehead atoms. The first-order chi connectivity index (χ1) is 6.29. The third-order valence-corrected chi connectivity index (χ3v) is 4.23. The van der Waals surface area contributed by atoms with Gasteiger partial charge in [0.1, 0.15) is 0 Å². The van der Waals surface area contributed by atoms with Gasteiger partial charge < -0.3 is 4.90 Å². The normalized spacial score (nSPS) is 35.5. The van der Waals surface area contributed by atoms with E-state index in [4.69, 9.17) is 12.2 Å². The fraction of sp³-hybridized carbons (Fsp3) is 0.909. The third kappa shape index (κ3) is 1.88. The Kier molecular flexibility index (Phi) is 2.87. The van der Waals surface area contributed by atoms with E-state index in [9.17, 15) is 0 Å². The lowest BCUT2D eigenvalue weighted by atomic mass is 9.86. The summed E-state index contributed by atoms with van der Waals surface area (Å²) in [6.07, 6.45) is 9.63. The summed E-state index contributed by atoms with van der Waals surface area (Å²) < 4.78 is 0. The molecule has 0 aromatic carbocycles. The number of nitrogens with zero attached hydrogens (tertiary/aromatic N) is 1. The maximum atomic E-state index is 5.37. The van der Waals surface area contributed by atoms with Gasteiger partial charge in [-0.3, -0.25) is 0 Å². The highest BCUT2D eigenvalue weighted by molar-refractivity contribution is 7.80. The molecule has 74 valence electrons. The van der Waals surface area contributed by atoms with E-state index in [2.05, 4.69) is 11.9 Å². The number of likely N-dealkylation sites (tertiary alicyclic amines) is 1. The molecule has 0 spiro atoms. The van der Waals surface area contributed by atoms with Gasteiger partial charge in [0.2, 0.25) is 0 Å². The van der Waals surface area contributed by atoms with Gasteiger partial charge in [0.15, 0.2) is 0 Å². The minimum absolute atomic E-state index is 0.781. The molecular weight excluding hydrogens is 178 g/mol. The summed E-state index contributed by atoms with van der Waals surface area (Å²) in [5.74, 6) is 0.944. The van der Waals surface area contributed by atoms with E-state index in [1.54, 1.807) is 0 Å². The van der Waals surface area contributed by atoms with Crippen molar-refractivity contribution in [3.05, 3.63) is 0 Å². The first kappa shape index (κ1) is 9.45. The maximum Gasteiger partial charge on any atom is 0.0779 e. The first-order valence-electron chi connectivity index (χ1n) is 5.54. The van der Waals surface area contributed by atoms with E-state index in [0.29, 0.717) is 0 Å². The van der Waals surface area contributed by atoms with Crippen LogP contribution < -0.4 is 0 Å². The molecule has 0 aromatic rings. The highest BCUT2D eigenvalue weighted by Crippen LogP contribution is 2.34. The monoisotopic (exact) mass is 197 g/mol. The Balaban J connectivity index is 2.08. The predicted octanol–water partition coefficient (Wildman–Crippen LogP) is 2.99. The molecule has 1 heterocycles. The number of fused-ring (bicyclic) bond motifs is 1. The van der Waals surface area contributed by atoms with Gasteiger partial charge in [0.25, 0.3) is 0 Å². The van der Waals surface area contributed by atoms with Crippen LogP contribution >= 0.6 is 12.2 Å². The van der Waals surface area contributed by atoms with Crippen molar-refractivity contribution in [1.82, 2.24) is 4.90 Å².